The monoisotopic (exact) mass is 289 g/mol. The predicted molar refractivity (Wildman–Crippen MR) is 78.7 cm³/mol. The molecule has 1 unspecified atom stereocenters. The van der Waals surface area contributed by atoms with Crippen LogP contribution in [0, 0.1) is 0 Å². The molecule has 0 saturated carbocycles. The van der Waals surface area contributed by atoms with Gasteiger partial charge >= 0.3 is 0 Å². The summed E-state index contributed by atoms with van der Waals surface area (Å²) in [5.41, 5.74) is 7.06. The maximum atomic E-state index is 12.4. The van der Waals surface area contributed by atoms with Crippen molar-refractivity contribution in [3.63, 3.8) is 0 Å². The maximum absolute atomic E-state index is 12.4. The smallest absolute Gasteiger partial charge is 0.242 e. The van der Waals surface area contributed by atoms with Gasteiger partial charge in [-0.05, 0) is 12.8 Å². The number of nitrogens with two attached hydrogens (primary N) is 1. The Kier molecular flexibility index (Phi) is 3.70. The van der Waals surface area contributed by atoms with Crippen molar-refractivity contribution >= 4 is 22.9 Å². The zero-order valence-electron chi connectivity index (χ0n) is 12.0. The van der Waals surface area contributed by atoms with Crippen molar-refractivity contribution in [1.29, 1.82) is 0 Å². The second-order valence-electron chi connectivity index (χ2n) is 5.27. The van der Waals surface area contributed by atoms with E-state index in [1.165, 1.54) is 6.33 Å². The van der Waals surface area contributed by atoms with Gasteiger partial charge in [-0.25, -0.2) is 15.0 Å². The van der Waals surface area contributed by atoms with Crippen LogP contribution in [0.1, 0.15) is 12.8 Å². The molecule has 0 radical (unpaired) electrons. The lowest BCUT2D eigenvalue weighted by Gasteiger charge is -2.26. The molecular weight excluding hydrogens is 270 g/mol. The van der Waals surface area contributed by atoms with Gasteiger partial charge in [-0.2, -0.15) is 0 Å². The van der Waals surface area contributed by atoms with Crippen LogP contribution in [0.25, 0.3) is 11.2 Å². The molecule has 21 heavy (non-hydrogen) atoms. The number of aromatic amines is 1. The molecule has 8 heteroatoms. The molecule has 3 heterocycles. The molecule has 2 aromatic heterocycles. The molecule has 0 aromatic carbocycles. The standard InChI is InChI=1S/C13H19N7O/c1-19(6-10(21)20-4-2-3-9(20)5-14)13-11-12(16-7-15-11)17-8-18-13/h7-9H,2-6,14H2,1H3,(H,15,16,17,18). The zero-order valence-corrected chi connectivity index (χ0v) is 12.0. The van der Waals surface area contributed by atoms with Crippen LogP contribution in [0.4, 0.5) is 5.82 Å². The van der Waals surface area contributed by atoms with E-state index in [4.69, 9.17) is 5.73 Å². The quantitative estimate of drug-likeness (QED) is 0.803. The number of nitrogens with one attached hydrogen (secondary N) is 1. The van der Waals surface area contributed by atoms with Gasteiger partial charge in [-0.1, -0.05) is 0 Å². The Bertz CT molecular complexity index is 640. The molecule has 1 aliphatic rings. The van der Waals surface area contributed by atoms with Crippen LogP contribution < -0.4 is 10.6 Å². The zero-order chi connectivity index (χ0) is 14.8. The highest BCUT2D eigenvalue weighted by Gasteiger charge is 2.28. The maximum Gasteiger partial charge on any atom is 0.242 e. The first kappa shape index (κ1) is 13.7. The number of nitrogens with zero attached hydrogens (tertiary/aromatic N) is 5. The van der Waals surface area contributed by atoms with Gasteiger partial charge in [-0.15, -0.1) is 0 Å². The number of amides is 1. The number of likely N-dealkylation sites (N-methyl/N-ethyl adjacent to an activating group) is 1. The molecule has 3 N–H and O–H groups in total. The molecule has 1 fully saturated rings. The minimum atomic E-state index is 0.0803. The summed E-state index contributed by atoms with van der Waals surface area (Å²) in [6.45, 7) is 1.58. The lowest BCUT2D eigenvalue weighted by Crippen LogP contribution is -2.44. The van der Waals surface area contributed by atoms with E-state index in [1.54, 1.807) is 6.33 Å². The third-order valence-corrected chi connectivity index (χ3v) is 3.91. The number of aromatic nitrogens is 4. The number of carbonyl (C=O) groups is 1. The Morgan fingerprint density at radius 2 is 2.38 bits per heavy atom. The summed E-state index contributed by atoms with van der Waals surface area (Å²) in [7, 11) is 1.84. The number of hydrogen-bond acceptors (Lipinski definition) is 6. The molecule has 1 aliphatic heterocycles. The van der Waals surface area contributed by atoms with Crippen LogP contribution in [0.2, 0.25) is 0 Å². The third kappa shape index (κ3) is 2.54. The predicted octanol–water partition coefficient (Wildman–Crippen LogP) is -0.261. The van der Waals surface area contributed by atoms with Crippen molar-refractivity contribution in [3.8, 4) is 0 Å². The minimum absolute atomic E-state index is 0.0803. The molecule has 8 nitrogen and oxygen atoms in total. The Morgan fingerprint density at radius 3 is 3.19 bits per heavy atom. The van der Waals surface area contributed by atoms with Gasteiger partial charge in [0.25, 0.3) is 0 Å². The SMILES string of the molecule is CN(CC(=O)N1CCCC1CN)c1ncnc2nc[nH]c12. The minimum Gasteiger partial charge on any atom is -0.348 e. The van der Waals surface area contributed by atoms with E-state index in [2.05, 4.69) is 19.9 Å². The Balaban J connectivity index is 1.75. The molecule has 2 aromatic rings. The van der Waals surface area contributed by atoms with E-state index in [-0.39, 0.29) is 18.5 Å². The summed E-state index contributed by atoms with van der Waals surface area (Å²) in [6.07, 6.45) is 5.04. The average molecular weight is 289 g/mol. The lowest BCUT2D eigenvalue weighted by atomic mass is 10.2. The fourth-order valence-electron chi connectivity index (χ4n) is 2.82. The normalized spacial score (nSPS) is 18.4. The molecule has 0 bridgehead atoms. The van der Waals surface area contributed by atoms with Crippen molar-refractivity contribution in [3.05, 3.63) is 12.7 Å². The van der Waals surface area contributed by atoms with Crippen molar-refractivity contribution in [1.82, 2.24) is 24.8 Å². The van der Waals surface area contributed by atoms with Crippen molar-refractivity contribution in [2.45, 2.75) is 18.9 Å². The van der Waals surface area contributed by atoms with Crippen LogP contribution in [0.3, 0.4) is 0 Å². The number of fused-ring (bicyclic) bond motifs is 1. The molecule has 3 rings (SSSR count). The first-order chi connectivity index (χ1) is 10.2. The third-order valence-electron chi connectivity index (χ3n) is 3.91. The number of carbonyl (C=O) groups excluding carboxylic acids is 1. The van der Waals surface area contributed by atoms with Crippen molar-refractivity contribution in [2.24, 2.45) is 5.73 Å². The van der Waals surface area contributed by atoms with Crippen LogP contribution in [-0.2, 0) is 4.79 Å². The summed E-state index contributed by atoms with van der Waals surface area (Å²) in [4.78, 5) is 31.6. The Morgan fingerprint density at radius 1 is 1.52 bits per heavy atom. The number of hydrogen-bond donors (Lipinski definition) is 2. The molecular formula is C13H19N7O. The van der Waals surface area contributed by atoms with Gasteiger partial charge in [-0.3, -0.25) is 4.79 Å². The number of imidazole rings is 1. The second kappa shape index (κ2) is 5.65. The largest absolute Gasteiger partial charge is 0.348 e. The molecule has 1 amide bonds. The summed E-state index contributed by atoms with van der Waals surface area (Å²) in [6, 6.07) is 0.170. The first-order valence-electron chi connectivity index (χ1n) is 7.05. The second-order valence-corrected chi connectivity index (χ2v) is 5.27. The number of rotatable bonds is 4. The lowest BCUT2D eigenvalue weighted by molar-refractivity contribution is -0.130. The summed E-state index contributed by atoms with van der Waals surface area (Å²) >= 11 is 0. The van der Waals surface area contributed by atoms with Gasteiger partial charge in [0.1, 0.15) is 11.8 Å². The van der Waals surface area contributed by atoms with Crippen LogP contribution in [0.5, 0.6) is 0 Å². The number of likely N-dealkylation sites (tertiary alicyclic amines) is 1. The molecule has 1 saturated heterocycles. The Labute approximate surface area is 122 Å². The van der Waals surface area contributed by atoms with Crippen molar-refractivity contribution < 1.29 is 4.79 Å². The molecule has 0 aliphatic carbocycles. The summed E-state index contributed by atoms with van der Waals surface area (Å²) < 4.78 is 0. The van der Waals surface area contributed by atoms with E-state index in [9.17, 15) is 4.79 Å². The van der Waals surface area contributed by atoms with E-state index in [0.29, 0.717) is 18.0 Å². The van der Waals surface area contributed by atoms with E-state index in [0.717, 1.165) is 24.9 Å². The highest BCUT2D eigenvalue weighted by molar-refractivity contribution is 5.87. The highest BCUT2D eigenvalue weighted by Crippen LogP contribution is 2.20. The summed E-state index contributed by atoms with van der Waals surface area (Å²) in [5, 5.41) is 0. The summed E-state index contributed by atoms with van der Waals surface area (Å²) in [5.74, 6) is 0.756. The van der Waals surface area contributed by atoms with E-state index < -0.39 is 0 Å². The number of anilines is 1. The fraction of sp³-hybridized carbons (Fsp3) is 0.538. The van der Waals surface area contributed by atoms with Crippen LogP contribution in [0.15, 0.2) is 12.7 Å². The van der Waals surface area contributed by atoms with Crippen LogP contribution >= 0.6 is 0 Å². The van der Waals surface area contributed by atoms with Gasteiger partial charge in [0.05, 0.1) is 12.9 Å². The van der Waals surface area contributed by atoms with Gasteiger partial charge in [0.2, 0.25) is 5.91 Å². The Hall–Kier alpha value is -2.22. The molecule has 112 valence electrons. The first-order valence-corrected chi connectivity index (χ1v) is 7.05. The highest BCUT2D eigenvalue weighted by atomic mass is 16.2. The molecule has 1 atom stereocenters. The van der Waals surface area contributed by atoms with E-state index >= 15 is 0 Å². The van der Waals surface area contributed by atoms with Gasteiger partial charge in [0.15, 0.2) is 11.5 Å². The van der Waals surface area contributed by atoms with Gasteiger partial charge in [0, 0.05) is 26.2 Å². The van der Waals surface area contributed by atoms with Crippen LogP contribution in [-0.4, -0.2) is 63.5 Å². The number of H-pyrrole nitrogens is 1. The van der Waals surface area contributed by atoms with E-state index in [1.807, 2.05) is 16.8 Å². The van der Waals surface area contributed by atoms with Gasteiger partial charge < -0.3 is 20.5 Å². The topological polar surface area (TPSA) is 104 Å². The average Bonchev–Trinajstić information content (AvgIpc) is 3.14. The fourth-order valence-corrected chi connectivity index (χ4v) is 2.82. The molecule has 0 spiro atoms. The van der Waals surface area contributed by atoms with Crippen molar-refractivity contribution in [2.75, 3.05) is 31.6 Å².